The van der Waals surface area contributed by atoms with Crippen molar-refractivity contribution in [2.75, 3.05) is 0 Å². The third-order valence-electron chi connectivity index (χ3n) is 3.27. The highest BCUT2D eigenvalue weighted by Crippen LogP contribution is 2.34. The minimum atomic E-state index is -4.38. The van der Waals surface area contributed by atoms with E-state index in [-0.39, 0.29) is 12.3 Å². The van der Waals surface area contributed by atoms with Gasteiger partial charge in [0.1, 0.15) is 0 Å². The number of benzene rings is 1. The molecule has 0 N–H and O–H groups in total. The van der Waals surface area contributed by atoms with Crippen LogP contribution in [0.3, 0.4) is 0 Å². The summed E-state index contributed by atoms with van der Waals surface area (Å²) in [5.74, 6) is -2.18. The molecule has 1 heterocycles. The summed E-state index contributed by atoms with van der Waals surface area (Å²) in [6.45, 7) is 1.69. The zero-order valence-electron chi connectivity index (χ0n) is 10.0. The molecule has 1 aromatic rings. The lowest BCUT2D eigenvalue weighted by Crippen LogP contribution is -2.15. The lowest BCUT2D eigenvalue weighted by Gasteiger charge is -2.16. The molecule has 1 aliphatic heterocycles. The molecule has 0 aromatic heterocycles. The average molecular weight is 272 g/mol. The zero-order valence-corrected chi connectivity index (χ0v) is 10.0. The van der Waals surface area contributed by atoms with Gasteiger partial charge < -0.3 is 4.74 Å². The largest absolute Gasteiger partial charge is 0.416 e. The van der Waals surface area contributed by atoms with Gasteiger partial charge in [-0.3, -0.25) is 9.59 Å². The second kappa shape index (κ2) is 4.68. The van der Waals surface area contributed by atoms with Crippen molar-refractivity contribution in [1.82, 2.24) is 0 Å². The van der Waals surface area contributed by atoms with Crippen molar-refractivity contribution in [3.8, 4) is 0 Å². The van der Waals surface area contributed by atoms with Gasteiger partial charge in [0.15, 0.2) is 0 Å². The summed E-state index contributed by atoms with van der Waals surface area (Å²) < 4.78 is 41.7. The van der Waals surface area contributed by atoms with Crippen LogP contribution < -0.4 is 0 Å². The van der Waals surface area contributed by atoms with E-state index in [0.29, 0.717) is 5.56 Å². The highest BCUT2D eigenvalue weighted by atomic mass is 19.4. The summed E-state index contributed by atoms with van der Waals surface area (Å²) in [6.07, 6.45) is -4.41. The topological polar surface area (TPSA) is 43.4 Å². The molecule has 0 bridgehead atoms. The number of ether oxygens (including phenoxy) is 1. The molecular weight excluding hydrogens is 261 g/mol. The first-order valence-corrected chi connectivity index (χ1v) is 5.70. The maximum Gasteiger partial charge on any atom is 0.416 e. The summed E-state index contributed by atoms with van der Waals surface area (Å²) >= 11 is 0. The Morgan fingerprint density at radius 3 is 2.21 bits per heavy atom. The van der Waals surface area contributed by atoms with E-state index in [9.17, 15) is 22.8 Å². The molecule has 2 rings (SSSR count). The molecule has 0 aliphatic carbocycles. The van der Waals surface area contributed by atoms with Crippen molar-refractivity contribution in [2.45, 2.75) is 25.4 Å². The van der Waals surface area contributed by atoms with Crippen molar-refractivity contribution in [3.63, 3.8) is 0 Å². The van der Waals surface area contributed by atoms with Gasteiger partial charge in [0.05, 0.1) is 17.9 Å². The number of alkyl halides is 3. The predicted octanol–water partition coefficient (Wildman–Crippen LogP) is 2.90. The summed E-state index contributed by atoms with van der Waals surface area (Å²) in [5.41, 5.74) is -0.168. The van der Waals surface area contributed by atoms with E-state index in [1.807, 2.05) is 0 Å². The Labute approximate surface area is 107 Å². The van der Waals surface area contributed by atoms with Gasteiger partial charge in [0, 0.05) is 0 Å². The number of hydrogen-bond acceptors (Lipinski definition) is 3. The molecule has 1 aliphatic rings. The van der Waals surface area contributed by atoms with Crippen molar-refractivity contribution in [3.05, 3.63) is 35.4 Å². The predicted molar refractivity (Wildman–Crippen MR) is 59.1 cm³/mol. The van der Waals surface area contributed by atoms with E-state index in [0.717, 1.165) is 12.1 Å². The summed E-state index contributed by atoms with van der Waals surface area (Å²) in [5, 5.41) is 0. The van der Waals surface area contributed by atoms with Crippen LogP contribution in [0.1, 0.15) is 30.4 Å². The molecule has 1 fully saturated rings. The van der Waals surface area contributed by atoms with E-state index in [2.05, 4.69) is 4.74 Å². The molecule has 3 nitrogen and oxygen atoms in total. The number of cyclic esters (lactones) is 2. The van der Waals surface area contributed by atoms with Gasteiger partial charge in [-0.2, -0.15) is 13.2 Å². The molecular formula is C13H11F3O3. The van der Waals surface area contributed by atoms with Gasteiger partial charge in [-0.05, 0) is 23.6 Å². The minimum absolute atomic E-state index is 0.0268. The van der Waals surface area contributed by atoms with E-state index in [1.54, 1.807) is 6.92 Å². The second-order valence-electron chi connectivity index (χ2n) is 4.51. The Bertz CT molecular complexity index is 505. The standard InChI is InChI=1S/C13H11F3O3/c1-7(10-6-11(17)19-12(10)18)8-2-4-9(5-3-8)13(14,15)16/h2-5,7,10H,6H2,1H3. The Morgan fingerprint density at radius 2 is 1.79 bits per heavy atom. The van der Waals surface area contributed by atoms with Crippen LogP contribution in [0.2, 0.25) is 0 Å². The van der Waals surface area contributed by atoms with Crippen LogP contribution in [-0.2, 0) is 20.5 Å². The normalized spacial score (nSPS) is 21.4. The molecule has 6 heteroatoms. The number of carbonyl (C=O) groups is 2. The van der Waals surface area contributed by atoms with E-state index >= 15 is 0 Å². The van der Waals surface area contributed by atoms with Crippen molar-refractivity contribution < 1.29 is 27.5 Å². The number of hydrogen-bond donors (Lipinski definition) is 0. The Kier molecular flexibility index (Phi) is 3.34. The maximum absolute atomic E-state index is 12.4. The third kappa shape index (κ3) is 2.77. The van der Waals surface area contributed by atoms with Crippen LogP contribution in [0.15, 0.2) is 24.3 Å². The number of halogens is 3. The molecule has 0 radical (unpaired) electrons. The van der Waals surface area contributed by atoms with Crippen LogP contribution in [0.5, 0.6) is 0 Å². The smallest absolute Gasteiger partial charge is 0.393 e. The molecule has 2 unspecified atom stereocenters. The Morgan fingerprint density at radius 1 is 1.21 bits per heavy atom. The Hall–Kier alpha value is -1.85. The van der Waals surface area contributed by atoms with E-state index < -0.39 is 29.6 Å². The molecule has 1 aromatic carbocycles. The van der Waals surface area contributed by atoms with Crippen LogP contribution in [0, 0.1) is 5.92 Å². The number of carbonyl (C=O) groups excluding carboxylic acids is 2. The summed E-state index contributed by atoms with van der Waals surface area (Å²) in [4.78, 5) is 22.4. The fourth-order valence-corrected chi connectivity index (χ4v) is 2.08. The minimum Gasteiger partial charge on any atom is -0.393 e. The number of rotatable bonds is 2. The quantitative estimate of drug-likeness (QED) is 0.614. The molecule has 19 heavy (non-hydrogen) atoms. The monoisotopic (exact) mass is 272 g/mol. The molecule has 0 spiro atoms. The molecule has 102 valence electrons. The first-order chi connectivity index (χ1) is 8.79. The van der Waals surface area contributed by atoms with Crippen LogP contribution >= 0.6 is 0 Å². The maximum atomic E-state index is 12.4. The van der Waals surface area contributed by atoms with Crippen molar-refractivity contribution in [2.24, 2.45) is 5.92 Å². The third-order valence-corrected chi connectivity index (χ3v) is 3.27. The first-order valence-electron chi connectivity index (χ1n) is 5.70. The van der Waals surface area contributed by atoms with Crippen molar-refractivity contribution >= 4 is 11.9 Å². The number of esters is 2. The molecule has 0 amide bonds. The second-order valence-corrected chi connectivity index (χ2v) is 4.51. The Balaban J connectivity index is 2.18. The van der Waals surface area contributed by atoms with Crippen molar-refractivity contribution in [1.29, 1.82) is 0 Å². The first kappa shape index (κ1) is 13.6. The van der Waals surface area contributed by atoms with E-state index in [4.69, 9.17) is 0 Å². The highest BCUT2D eigenvalue weighted by molar-refractivity contribution is 5.95. The van der Waals surface area contributed by atoms with Crippen LogP contribution in [0.4, 0.5) is 13.2 Å². The van der Waals surface area contributed by atoms with E-state index in [1.165, 1.54) is 12.1 Å². The SMILES string of the molecule is CC(c1ccc(C(F)(F)F)cc1)C1CC(=O)OC1=O. The van der Waals surface area contributed by atoms with Gasteiger partial charge >= 0.3 is 18.1 Å². The fraction of sp³-hybridized carbons (Fsp3) is 0.385. The van der Waals surface area contributed by atoms with Gasteiger partial charge in [0.25, 0.3) is 0 Å². The average Bonchev–Trinajstić information content (AvgIpc) is 2.66. The van der Waals surface area contributed by atoms with Gasteiger partial charge in [0.2, 0.25) is 0 Å². The van der Waals surface area contributed by atoms with Crippen LogP contribution in [0.25, 0.3) is 0 Å². The van der Waals surface area contributed by atoms with Gasteiger partial charge in [-0.1, -0.05) is 19.1 Å². The zero-order chi connectivity index (χ0) is 14.2. The lowest BCUT2D eigenvalue weighted by atomic mass is 9.86. The van der Waals surface area contributed by atoms with Gasteiger partial charge in [-0.15, -0.1) is 0 Å². The summed E-state index contributed by atoms with van der Waals surface area (Å²) in [6, 6.07) is 4.58. The van der Waals surface area contributed by atoms with Crippen LogP contribution in [-0.4, -0.2) is 11.9 Å². The fourth-order valence-electron chi connectivity index (χ4n) is 2.08. The lowest BCUT2D eigenvalue weighted by molar-refractivity contribution is -0.153. The molecule has 0 saturated carbocycles. The van der Waals surface area contributed by atoms with Gasteiger partial charge in [-0.25, -0.2) is 0 Å². The molecule has 2 atom stereocenters. The highest BCUT2D eigenvalue weighted by Gasteiger charge is 2.38. The molecule has 1 saturated heterocycles. The summed E-state index contributed by atoms with van der Waals surface area (Å²) in [7, 11) is 0.